The maximum atomic E-state index is 12.4. The Morgan fingerprint density at radius 3 is 2.70 bits per heavy atom. The number of hydrogen-bond acceptors (Lipinski definition) is 5. The minimum Gasteiger partial charge on any atom is -0.392 e. The highest BCUT2D eigenvalue weighted by atomic mass is 32.2. The van der Waals surface area contributed by atoms with E-state index in [1.165, 1.54) is 11.8 Å². The summed E-state index contributed by atoms with van der Waals surface area (Å²) >= 11 is 1.26. The number of carbonyl (C=O) groups is 1. The van der Waals surface area contributed by atoms with Crippen LogP contribution in [0.15, 0.2) is 9.82 Å². The van der Waals surface area contributed by atoms with Crippen molar-refractivity contribution in [2.24, 2.45) is 5.41 Å². The molecule has 0 saturated heterocycles. The Morgan fingerprint density at radius 1 is 1.55 bits per heavy atom. The molecule has 0 aliphatic heterocycles. The van der Waals surface area contributed by atoms with Crippen LogP contribution in [-0.2, 0) is 0 Å². The molecule has 1 heterocycles. The van der Waals surface area contributed by atoms with Crippen LogP contribution in [-0.4, -0.2) is 39.4 Å². The van der Waals surface area contributed by atoms with Crippen molar-refractivity contribution < 1.29 is 9.90 Å². The van der Waals surface area contributed by atoms with Gasteiger partial charge in [0.1, 0.15) is 5.03 Å². The number of carbonyl (C=O) groups excluding carboxylic acids is 1. The molecular formula is C13H19N3O3S. The van der Waals surface area contributed by atoms with E-state index in [1.807, 2.05) is 13.8 Å². The van der Waals surface area contributed by atoms with Crippen LogP contribution in [0.2, 0.25) is 0 Å². The van der Waals surface area contributed by atoms with Gasteiger partial charge in [0.15, 0.2) is 0 Å². The quantitative estimate of drug-likeness (QED) is 0.563. The summed E-state index contributed by atoms with van der Waals surface area (Å²) in [4.78, 5) is 30.1. The predicted octanol–water partition coefficient (Wildman–Crippen LogP) is 0.689. The van der Waals surface area contributed by atoms with Crippen LogP contribution in [0.1, 0.15) is 36.3 Å². The molecule has 1 aliphatic rings. The summed E-state index contributed by atoms with van der Waals surface area (Å²) in [6.45, 7) is 5.51. The molecule has 1 fully saturated rings. The number of thioether (sulfide) groups is 1. The molecule has 1 aliphatic carbocycles. The SMILES string of the molecule is CSc1nc(=O)[nH]c(C)c1C(=O)NC1CC(O)C1(C)C. The number of aliphatic hydroxyl groups is 1. The van der Waals surface area contributed by atoms with E-state index in [1.54, 1.807) is 13.2 Å². The summed E-state index contributed by atoms with van der Waals surface area (Å²) in [6.07, 6.45) is 1.92. The minimum atomic E-state index is -0.456. The predicted molar refractivity (Wildman–Crippen MR) is 77.0 cm³/mol. The van der Waals surface area contributed by atoms with Gasteiger partial charge in [0.25, 0.3) is 5.91 Å². The molecule has 2 unspecified atom stereocenters. The molecule has 7 heteroatoms. The van der Waals surface area contributed by atoms with Crippen molar-refractivity contribution in [2.75, 3.05) is 6.26 Å². The van der Waals surface area contributed by atoms with E-state index >= 15 is 0 Å². The lowest BCUT2D eigenvalue weighted by atomic mass is 9.64. The van der Waals surface area contributed by atoms with E-state index in [0.717, 1.165) is 0 Å². The third-order valence-corrected chi connectivity index (χ3v) is 4.71. The lowest BCUT2D eigenvalue weighted by molar-refractivity contribution is -0.0690. The fourth-order valence-corrected chi connectivity index (χ4v) is 2.98. The molecule has 6 nitrogen and oxygen atoms in total. The first-order valence-corrected chi connectivity index (χ1v) is 7.63. The van der Waals surface area contributed by atoms with Crippen LogP contribution in [0.3, 0.4) is 0 Å². The van der Waals surface area contributed by atoms with Gasteiger partial charge in [-0.25, -0.2) is 4.79 Å². The van der Waals surface area contributed by atoms with Crippen LogP contribution in [0.5, 0.6) is 0 Å². The average molecular weight is 297 g/mol. The highest BCUT2D eigenvalue weighted by Crippen LogP contribution is 2.40. The van der Waals surface area contributed by atoms with Gasteiger partial charge in [-0.15, -0.1) is 11.8 Å². The maximum absolute atomic E-state index is 12.4. The van der Waals surface area contributed by atoms with Crippen molar-refractivity contribution in [3.8, 4) is 0 Å². The van der Waals surface area contributed by atoms with Gasteiger partial charge in [0.2, 0.25) is 0 Å². The fourth-order valence-electron chi connectivity index (χ4n) is 2.35. The number of aromatic amines is 1. The molecule has 3 N–H and O–H groups in total. The molecule has 0 spiro atoms. The molecule has 0 aromatic carbocycles. The number of aryl methyl sites for hydroxylation is 1. The van der Waals surface area contributed by atoms with E-state index in [9.17, 15) is 14.7 Å². The van der Waals surface area contributed by atoms with Crippen LogP contribution in [0.4, 0.5) is 0 Å². The van der Waals surface area contributed by atoms with Crippen molar-refractivity contribution >= 4 is 17.7 Å². The Hall–Kier alpha value is -1.34. The summed E-state index contributed by atoms with van der Waals surface area (Å²) in [5, 5.41) is 13.0. The van der Waals surface area contributed by atoms with E-state index < -0.39 is 11.8 Å². The van der Waals surface area contributed by atoms with E-state index in [0.29, 0.717) is 22.7 Å². The zero-order valence-electron chi connectivity index (χ0n) is 12.0. The van der Waals surface area contributed by atoms with Crippen molar-refractivity contribution in [1.29, 1.82) is 0 Å². The summed E-state index contributed by atoms with van der Waals surface area (Å²) in [6, 6.07) is -0.0777. The van der Waals surface area contributed by atoms with Crippen LogP contribution in [0, 0.1) is 12.3 Å². The normalized spacial score (nSPS) is 24.1. The molecule has 2 atom stereocenters. The molecule has 0 bridgehead atoms. The molecule has 1 aromatic heterocycles. The first-order valence-electron chi connectivity index (χ1n) is 6.41. The molecule has 0 radical (unpaired) electrons. The molecule has 110 valence electrons. The second-order valence-corrected chi connectivity index (χ2v) is 6.45. The smallest absolute Gasteiger partial charge is 0.346 e. The summed E-state index contributed by atoms with van der Waals surface area (Å²) < 4.78 is 0. The molecule has 1 saturated carbocycles. The standard InChI is InChI=1S/C13H19N3O3S/c1-6-9(11(20-4)16-12(19)14-6)10(18)15-7-5-8(17)13(7,2)3/h7-8,17H,5H2,1-4H3,(H,15,18)(H,14,16,19). The van der Waals surface area contributed by atoms with Crippen LogP contribution >= 0.6 is 11.8 Å². The number of aliphatic hydroxyl groups excluding tert-OH is 1. The van der Waals surface area contributed by atoms with Crippen molar-refractivity contribution in [1.82, 2.24) is 15.3 Å². The maximum Gasteiger partial charge on any atom is 0.346 e. The average Bonchev–Trinajstić information content (AvgIpc) is 2.37. The van der Waals surface area contributed by atoms with Gasteiger partial charge in [-0.1, -0.05) is 13.8 Å². The Kier molecular flexibility index (Phi) is 3.93. The van der Waals surface area contributed by atoms with Crippen molar-refractivity contribution in [3.63, 3.8) is 0 Å². The largest absolute Gasteiger partial charge is 0.392 e. The van der Waals surface area contributed by atoms with Crippen molar-refractivity contribution in [3.05, 3.63) is 21.7 Å². The Labute approximate surface area is 121 Å². The van der Waals surface area contributed by atoms with Gasteiger partial charge in [0.05, 0.1) is 11.7 Å². The number of rotatable bonds is 3. The lowest BCUT2D eigenvalue weighted by Crippen LogP contribution is -2.61. The monoisotopic (exact) mass is 297 g/mol. The molecule has 1 aromatic rings. The van der Waals surface area contributed by atoms with Gasteiger partial charge >= 0.3 is 5.69 Å². The van der Waals surface area contributed by atoms with Gasteiger partial charge < -0.3 is 15.4 Å². The zero-order chi connectivity index (χ0) is 15.1. The Balaban J connectivity index is 2.25. The topological polar surface area (TPSA) is 95.1 Å². The molecule has 20 heavy (non-hydrogen) atoms. The summed E-state index contributed by atoms with van der Waals surface area (Å²) in [7, 11) is 0. The van der Waals surface area contributed by atoms with Gasteiger partial charge in [-0.3, -0.25) is 4.79 Å². The van der Waals surface area contributed by atoms with Gasteiger partial charge in [-0.05, 0) is 19.6 Å². The number of amides is 1. The second kappa shape index (κ2) is 5.21. The fraction of sp³-hybridized carbons (Fsp3) is 0.615. The van der Waals surface area contributed by atoms with E-state index in [-0.39, 0.29) is 17.4 Å². The van der Waals surface area contributed by atoms with E-state index in [2.05, 4.69) is 15.3 Å². The number of aromatic nitrogens is 2. The number of nitrogens with zero attached hydrogens (tertiary/aromatic N) is 1. The number of hydrogen-bond donors (Lipinski definition) is 3. The second-order valence-electron chi connectivity index (χ2n) is 5.65. The van der Waals surface area contributed by atoms with Crippen LogP contribution in [0.25, 0.3) is 0 Å². The molecular weight excluding hydrogens is 278 g/mol. The minimum absolute atomic E-state index is 0.0777. The highest BCUT2D eigenvalue weighted by Gasteiger charge is 2.48. The third-order valence-electron chi connectivity index (χ3n) is 4.03. The lowest BCUT2D eigenvalue weighted by Gasteiger charge is -2.49. The first kappa shape index (κ1) is 15.1. The molecule has 1 amide bonds. The molecule has 2 rings (SSSR count). The van der Waals surface area contributed by atoms with Crippen LogP contribution < -0.4 is 11.0 Å². The summed E-state index contributed by atoms with van der Waals surface area (Å²) in [5.41, 5.74) is 0.111. The summed E-state index contributed by atoms with van der Waals surface area (Å²) in [5.74, 6) is -0.263. The third kappa shape index (κ3) is 2.47. The van der Waals surface area contributed by atoms with Gasteiger partial charge in [0, 0.05) is 17.2 Å². The first-order chi connectivity index (χ1) is 9.27. The number of H-pyrrole nitrogens is 1. The number of nitrogens with one attached hydrogen (secondary N) is 2. The zero-order valence-corrected chi connectivity index (χ0v) is 12.8. The van der Waals surface area contributed by atoms with E-state index in [4.69, 9.17) is 0 Å². The van der Waals surface area contributed by atoms with Crippen molar-refractivity contribution in [2.45, 2.75) is 44.4 Å². The highest BCUT2D eigenvalue weighted by molar-refractivity contribution is 7.98. The Morgan fingerprint density at radius 2 is 2.20 bits per heavy atom. The Bertz CT molecular complexity index is 597. The van der Waals surface area contributed by atoms with Gasteiger partial charge in [-0.2, -0.15) is 4.98 Å².